The van der Waals surface area contributed by atoms with E-state index in [2.05, 4.69) is 5.32 Å². The van der Waals surface area contributed by atoms with E-state index in [0.717, 1.165) is 24.8 Å². The normalized spacial score (nSPS) is 14.7. The van der Waals surface area contributed by atoms with Crippen LogP contribution >= 0.6 is 0 Å². The highest BCUT2D eigenvalue weighted by molar-refractivity contribution is 5.67. The zero-order chi connectivity index (χ0) is 14.5. The maximum Gasteiger partial charge on any atom is 0.407 e. The van der Waals surface area contributed by atoms with E-state index in [1.807, 2.05) is 13.0 Å². The Hall–Kier alpha value is -1.75. The Balaban J connectivity index is 1.87. The van der Waals surface area contributed by atoms with E-state index >= 15 is 0 Å². The second-order valence-corrected chi connectivity index (χ2v) is 5.08. The minimum Gasteiger partial charge on any atom is -0.507 e. The van der Waals surface area contributed by atoms with Crippen molar-refractivity contribution in [2.75, 3.05) is 6.54 Å². The number of fused-ring (bicyclic) bond motifs is 1. The molecular formula is C15H21NO4. The summed E-state index contributed by atoms with van der Waals surface area (Å²) < 4.78 is 5.04. The van der Waals surface area contributed by atoms with Gasteiger partial charge in [0.05, 0.1) is 6.10 Å². The Morgan fingerprint density at radius 3 is 3.00 bits per heavy atom. The van der Waals surface area contributed by atoms with Gasteiger partial charge in [-0.3, -0.25) is 0 Å². The number of phenols is 1. The topological polar surface area (TPSA) is 78.8 Å². The van der Waals surface area contributed by atoms with Gasteiger partial charge < -0.3 is 20.3 Å². The third-order valence-corrected chi connectivity index (χ3v) is 3.65. The number of aromatic hydroxyl groups is 1. The molecule has 0 spiro atoms. The summed E-state index contributed by atoms with van der Waals surface area (Å²) in [4.78, 5) is 11.5. The van der Waals surface area contributed by atoms with Crippen LogP contribution in [0.2, 0.25) is 0 Å². The molecular weight excluding hydrogens is 258 g/mol. The number of carbonyl (C=O) groups is 1. The first-order chi connectivity index (χ1) is 9.61. The van der Waals surface area contributed by atoms with Gasteiger partial charge in [0.25, 0.3) is 0 Å². The maximum absolute atomic E-state index is 11.5. The van der Waals surface area contributed by atoms with Gasteiger partial charge in [0, 0.05) is 12.1 Å². The first-order valence-corrected chi connectivity index (χ1v) is 7.03. The number of aliphatic hydroxyl groups excluding tert-OH is 1. The quantitative estimate of drug-likeness (QED) is 0.769. The van der Waals surface area contributed by atoms with Gasteiger partial charge in [0.1, 0.15) is 12.4 Å². The molecule has 0 bridgehead atoms. The van der Waals surface area contributed by atoms with E-state index in [1.54, 1.807) is 6.07 Å². The number of benzene rings is 1. The molecule has 0 heterocycles. The number of alkyl carbamates (subject to hydrolysis) is 1. The van der Waals surface area contributed by atoms with Crippen LogP contribution in [0.15, 0.2) is 12.1 Å². The van der Waals surface area contributed by atoms with Crippen molar-refractivity contribution in [3.8, 4) is 5.75 Å². The number of hydrogen-bond acceptors (Lipinski definition) is 4. The first-order valence-electron chi connectivity index (χ1n) is 7.03. The summed E-state index contributed by atoms with van der Waals surface area (Å²) in [6, 6.07) is 3.78. The summed E-state index contributed by atoms with van der Waals surface area (Å²) in [6.45, 7) is 2.04. The van der Waals surface area contributed by atoms with Gasteiger partial charge in [-0.05, 0) is 36.8 Å². The lowest BCUT2D eigenvalue weighted by Gasteiger charge is -2.12. The average Bonchev–Trinajstić information content (AvgIpc) is 2.93. The summed E-state index contributed by atoms with van der Waals surface area (Å²) in [5.41, 5.74) is 2.78. The van der Waals surface area contributed by atoms with Crippen LogP contribution in [0.3, 0.4) is 0 Å². The highest BCUT2D eigenvalue weighted by Gasteiger charge is 2.18. The van der Waals surface area contributed by atoms with Crippen molar-refractivity contribution < 1.29 is 19.7 Å². The number of carbonyl (C=O) groups excluding carboxylic acids is 1. The number of phenolic OH excluding ortho intramolecular Hbond substituents is 1. The molecule has 0 saturated carbocycles. The smallest absolute Gasteiger partial charge is 0.407 e. The van der Waals surface area contributed by atoms with Crippen LogP contribution in [-0.2, 0) is 24.2 Å². The molecule has 0 saturated heterocycles. The number of hydrogen-bond donors (Lipinski definition) is 3. The first kappa shape index (κ1) is 14.7. The number of aryl methyl sites for hydroxylation is 1. The van der Waals surface area contributed by atoms with E-state index in [4.69, 9.17) is 4.74 Å². The molecule has 1 atom stereocenters. The fourth-order valence-corrected chi connectivity index (χ4v) is 2.35. The van der Waals surface area contributed by atoms with Crippen molar-refractivity contribution >= 4 is 6.09 Å². The van der Waals surface area contributed by atoms with Gasteiger partial charge in [0.15, 0.2) is 0 Å². The zero-order valence-corrected chi connectivity index (χ0v) is 11.7. The van der Waals surface area contributed by atoms with E-state index in [1.165, 1.54) is 5.56 Å². The molecule has 0 fully saturated rings. The Morgan fingerprint density at radius 1 is 1.45 bits per heavy atom. The Morgan fingerprint density at radius 2 is 2.25 bits per heavy atom. The molecule has 1 aliphatic carbocycles. The fourth-order valence-electron chi connectivity index (χ4n) is 2.35. The van der Waals surface area contributed by atoms with Crippen molar-refractivity contribution in [2.24, 2.45) is 0 Å². The van der Waals surface area contributed by atoms with Crippen LogP contribution in [0.1, 0.15) is 36.5 Å². The minimum absolute atomic E-state index is 0.0349. The predicted molar refractivity (Wildman–Crippen MR) is 74.6 cm³/mol. The molecule has 1 aromatic carbocycles. The number of rotatable bonds is 5. The number of aliphatic hydroxyl groups is 1. The maximum atomic E-state index is 11.5. The summed E-state index contributed by atoms with van der Waals surface area (Å²) in [5.74, 6) is 0.251. The molecule has 0 unspecified atom stereocenters. The highest BCUT2D eigenvalue weighted by atomic mass is 16.5. The van der Waals surface area contributed by atoms with Crippen molar-refractivity contribution in [2.45, 2.75) is 45.3 Å². The Kier molecular flexibility index (Phi) is 4.84. The number of ether oxygens (including phenoxy) is 1. The van der Waals surface area contributed by atoms with E-state index in [-0.39, 0.29) is 18.9 Å². The molecule has 1 aliphatic rings. The lowest BCUT2D eigenvalue weighted by atomic mass is 10.1. The van der Waals surface area contributed by atoms with Crippen LogP contribution in [0.5, 0.6) is 5.75 Å². The van der Waals surface area contributed by atoms with Gasteiger partial charge in [0.2, 0.25) is 0 Å². The number of nitrogens with one attached hydrogen (secondary N) is 1. The fraction of sp³-hybridized carbons (Fsp3) is 0.533. The van der Waals surface area contributed by atoms with Crippen LogP contribution in [0, 0.1) is 0 Å². The van der Waals surface area contributed by atoms with E-state index in [0.29, 0.717) is 12.0 Å². The van der Waals surface area contributed by atoms with E-state index in [9.17, 15) is 15.0 Å². The molecule has 2 rings (SSSR count). The summed E-state index contributed by atoms with van der Waals surface area (Å²) >= 11 is 0. The summed E-state index contributed by atoms with van der Waals surface area (Å²) in [6.07, 6.45) is 2.37. The van der Waals surface area contributed by atoms with Gasteiger partial charge >= 0.3 is 6.09 Å². The molecule has 20 heavy (non-hydrogen) atoms. The molecule has 5 heteroatoms. The minimum atomic E-state index is -0.586. The van der Waals surface area contributed by atoms with Crippen LogP contribution < -0.4 is 5.32 Å². The second kappa shape index (κ2) is 6.61. The standard InChI is InChI=1S/C15H21NO4/c1-2-12(17)8-16-15(19)20-9-11-7-6-10-4-3-5-13(10)14(11)18/h6-7,12,17-18H,2-5,8-9H2,1H3,(H,16,19)/t12-/m0/s1. The van der Waals surface area contributed by atoms with Gasteiger partial charge in [-0.1, -0.05) is 19.1 Å². The molecule has 0 aromatic heterocycles. The zero-order valence-electron chi connectivity index (χ0n) is 11.7. The van der Waals surface area contributed by atoms with Crippen molar-refractivity contribution in [3.05, 3.63) is 28.8 Å². The molecule has 3 N–H and O–H groups in total. The lowest BCUT2D eigenvalue weighted by molar-refractivity contribution is 0.124. The highest BCUT2D eigenvalue weighted by Crippen LogP contribution is 2.33. The van der Waals surface area contributed by atoms with Crippen molar-refractivity contribution in [3.63, 3.8) is 0 Å². The third kappa shape index (κ3) is 3.42. The molecule has 0 aliphatic heterocycles. The van der Waals surface area contributed by atoms with E-state index < -0.39 is 12.2 Å². The predicted octanol–water partition coefficient (Wildman–Crippen LogP) is 1.88. The van der Waals surface area contributed by atoms with Gasteiger partial charge in [-0.2, -0.15) is 0 Å². The largest absolute Gasteiger partial charge is 0.507 e. The third-order valence-electron chi connectivity index (χ3n) is 3.65. The molecule has 0 radical (unpaired) electrons. The Labute approximate surface area is 118 Å². The number of amides is 1. The summed E-state index contributed by atoms with van der Waals surface area (Å²) in [5, 5.41) is 21.9. The van der Waals surface area contributed by atoms with Crippen molar-refractivity contribution in [1.29, 1.82) is 0 Å². The average molecular weight is 279 g/mol. The molecule has 5 nitrogen and oxygen atoms in total. The molecule has 110 valence electrons. The molecule has 1 aromatic rings. The second-order valence-electron chi connectivity index (χ2n) is 5.08. The Bertz CT molecular complexity index is 487. The van der Waals surface area contributed by atoms with Crippen molar-refractivity contribution in [1.82, 2.24) is 5.32 Å². The monoisotopic (exact) mass is 279 g/mol. The van der Waals surface area contributed by atoms with Crippen LogP contribution in [0.25, 0.3) is 0 Å². The molecule has 1 amide bonds. The van der Waals surface area contributed by atoms with Crippen LogP contribution in [-0.4, -0.2) is 29.0 Å². The van der Waals surface area contributed by atoms with Gasteiger partial charge in [-0.15, -0.1) is 0 Å². The van der Waals surface area contributed by atoms with Gasteiger partial charge in [-0.25, -0.2) is 4.79 Å². The SMILES string of the molecule is CC[C@H](O)CNC(=O)OCc1ccc2c(c1O)CCC2. The summed E-state index contributed by atoms with van der Waals surface area (Å²) in [7, 11) is 0. The van der Waals surface area contributed by atoms with Crippen LogP contribution in [0.4, 0.5) is 4.79 Å². The lowest BCUT2D eigenvalue weighted by Crippen LogP contribution is -2.32.